The maximum absolute atomic E-state index is 13.7. The number of methoxy groups -OCH3 is 1. The third-order valence-electron chi connectivity index (χ3n) is 5.77. The van der Waals surface area contributed by atoms with Gasteiger partial charge in [0, 0.05) is 18.1 Å². The number of amides is 2. The summed E-state index contributed by atoms with van der Waals surface area (Å²) in [6, 6.07) is 11.3. The number of benzene rings is 2. The van der Waals surface area contributed by atoms with E-state index in [1.165, 1.54) is 4.90 Å². The molecule has 0 bridgehead atoms. The molecule has 8 nitrogen and oxygen atoms in total. The normalized spacial score (nSPS) is 12.2. The van der Waals surface area contributed by atoms with Gasteiger partial charge >= 0.3 is 0 Å². The lowest BCUT2D eigenvalue weighted by molar-refractivity contribution is -0.140. The molecule has 0 saturated heterocycles. The van der Waals surface area contributed by atoms with E-state index in [2.05, 4.69) is 5.32 Å². The van der Waals surface area contributed by atoms with Crippen molar-refractivity contribution in [2.24, 2.45) is 5.92 Å². The maximum Gasteiger partial charge on any atom is 0.244 e. The van der Waals surface area contributed by atoms with E-state index in [4.69, 9.17) is 16.3 Å². The van der Waals surface area contributed by atoms with E-state index in [0.29, 0.717) is 35.0 Å². The first-order valence-corrected chi connectivity index (χ1v) is 14.0. The Morgan fingerprint density at radius 1 is 1.11 bits per heavy atom. The number of carbonyl (C=O) groups is 2. The number of nitrogens with zero attached hydrogens (tertiary/aromatic N) is 2. The van der Waals surface area contributed by atoms with Gasteiger partial charge in [-0.15, -0.1) is 0 Å². The van der Waals surface area contributed by atoms with Crippen LogP contribution in [-0.4, -0.2) is 57.6 Å². The number of anilines is 1. The first-order chi connectivity index (χ1) is 16.9. The minimum absolute atomic E-state index is 0.128. The zero-order valence-corrected chi connectivity index (χ0v) is 23.3. The van der Waals surface area contributed by atoms with Crippen LogP contribution in [0.2, 0.25) is 5.02 Å². The van der Waals surface area contributed by atoms with Crippen LogP contribution in [0, 0.1) is 12.8 Å². The Hall–Kier alpha value is -2.78. The molecule has 0 spiro atoms. The SMILES string of the molecule is CC[C@@H](C(=O)NCC(C)C)N(Cc1ccc(OC)cc1)C(=O)CN(c1cccc(Cl)c1C)S(C)(=O)=O. The molecular formula is C26H36ClN3O5S. The summed E-state index contributed by atoms with van der Waals surface area (Å²) >= 11 is 6.23. The second kappa shape index (κ2) is 13.0. The molecule has 0 aliphatic rings. The molecule has 36 heavy (non-hydrogen) atoms. The van der Waals surface area contributed by atoms with Gasteiger partial charge in [0.05, 0.1) is 19.1 Å². The van der Waals surface area contributed by atoms with E-state index in [9.17, 15) is 18.0 Å². The van der Waals surface area contributed by atoms with Crippen molar-refractivity contribution in [1.29, 1.82) is 0 Å². The number of hydrogen-bond donors (Lipinski definition) is 1. The molecule has 2 aromatic carbocycles. The van der Waals surface area contributed by atoms with Crippen molar-refractivity contribution in [1.82, 2.24) is 10.2 Å². The van der Waals surface area contributed by atoms with Crippen LogP contribution in [-0.2, 0) is 26.2 Å². The second-order valence-electron chi connectivity index (χ2n) is 9.09. The summed E-state index contributed by atoms with van der Waals surface area (Å²) in [6.45, 7) is 7.62. The van der Waals surface area contributed by atoms with E-state index >= 15 is 0 Å². The Balaban J connectivity index is 2.46. The Bertz CT molecular complexity index is 1150. The van der Waals surface area contributed by atoms with Gasteiger partial charge in [0.15, 0.2) is 0 Å². The first kappa shape index (κ1) is 29.5. The molecule has 1 N–H and O–H groups in total. The van der Waals surface area contributed by atoms with Gasteiger partial charge < -0.3 is 15.0 Å². The fraction of sp³-hybridized carbons (Fsp3) is 0.462. The van der Waals surface area contributed by atoms with Crippen molar-refractivity contribution >= 4 is 39.1 Å². The van der Waals surface area contributed by atoms with Gasteiger partial charge in [-0.3, -0.25) is 13.9 Å². The van der Waals surface area contributed by atoms with Gasteiger partial charge in [-0.25, -0.2) is 8.42 Å². The number of ether oxygens (including phenoxy) is 1. The summed E-state index contributed by atoms with van der Waals surface area (Å²) in [5.41, 5.74) is 1.64. The Morgan fingerprint density at radius 3 is 2.28 bits per heavy atom. The minimum atomic E-state index is -3.83. The van der Waals surface area contributed by atoms with Crippen LogP contribution in [0.15, 0.2) is 42.5 Å². The molecule has 0 aliphatic carbocycles. The number of sulfonamides is 1. The molecule has 2 aromatic rings. The molecule has 0 fully saturated rings. The molecule has 0 unspecified atom stereocenters. The third-order valence-corrected chi connectivity index (χ3v) is 7.31. The molecule has 1 atom stereocenters. The predicted octanol–water partition coefficient (Wildman–Crippen LogP) is 4.00. The smallest absolute Gasteiger partial charge is 0.244 e. The molecule has 2 amide bonds. The van der Waals surface area contributed by atoms with Gasteiger partial charge in [-0.05, 0) is 54.7 Å². The Morgan fingerprint density at radius 2 is 1.75 bits per heavy atom. The molecule has 0 heterocycles. The fourth-order valence-corrected chi connectivity index (χ4v) is 4.80. The van der Waals surface area contributed by atoms with Gasteiger partial charge in [-0.1, -0.05) is 50.6 Å². The zero-order valence-electron chi connectivity index (χ0n) is 21.7. The topological polar surface area (TPSA) is 96.0 Å². The largest absolute Gasteiger partial charge is 0.497 e. The number of nitrogens with one attached hydrogen (secondary N) is 1. The number of rotatable bonds is 12. The standard InChI is InChI=1S/C26H36ClN3O5S/c1-7-23(26(32)28-15-18(2)3)29(16-20-11-13-21(35-5)14-12-20)25(31)17-30(36(6,33)34)24-10-8-9-22(27)19(24)4/h8-14,18,23H,7,15-17H2,1-6H3,(H,28,32)/t23-/m0/s1. The molecule has 0 aromatic heterocycles. The molecule has 2 rings (SSSR count). The van der Waals surface area contributed by atoms with Crippen molar-refractivity contribution < 1.29 is 22.7 Å². The second-order valence-corrected chi connectivity index (χ2v) is 11.4. The van der Waals surface area contributed by atoms with Gasteiger partial charge in [0.25, 0.3) is 0 Å². The summed E-state index contributed by atoms with van der Waals surface area (Å²) in [5, 5.41) is 3.29. The van der Waals surface area contributed by atoms with E-state index in [1.54, 1.807) is 44.4 Å². The predicted molar refractivity (Wildman–Crippen MR) is 144 cm³/mol. The Kier molecular flexibility index (Phi) is 10.6. The highest BCUT2D eigenvalue weighted by molar-refractivity contribution is 7.92. The van der Waals surface area contributed by atoms with Crippen molar-refractivity contribution in [3.8, 4) is 5.75 Å². The van der Waals surface area contributed by atoms with Crippen molar-refractivity contribution in [3.63, 3.8) is 0 Å². The van der Waals surface area contributed by atoms with Crippen LogP contribution in [0.3, 0.4) is 0 Å². The van der Waals surface area contributed by atoms with Crippen molar-refractivity contribution in [2.75, 3.05) is 30.8 Å². The molecule has 198 valence electrons. The highest BCUT2D eigenvalue weighted by Gasteiger charge is 2.32. The van der Waals surface area contributed by atoms with E-state index in [1.807, 2.05) is 32.9 Å². The van der Waals surface area contributed by atoms with Crippen LogP contribution in [0.4, 0.5) is 5.69 Å². The monoisotopic (exact) mass is 537 g/mol. The van der Waals surface area contributed by atoms with Crippen LogP contribution in [0.5, 0.6) is 5.75 Å². The highest BCUT2D eigenvalue weighted by atomic mass is 35.5. The van der Waals surface area contributed by atoms with E-state index in [-0.39, 0.29) is 18.4 Å². The summed E-state index contributed by atoms with van der Waals surface area (Å²) in [5.74, 6) is 0.127. The van der Waals surface area contributed by atoms with Crippen LogP contribution < -0.4 is 14.4 Å². The summed E-state index contributed by atoms with van der Waals surface area (Å²) in [6.07, 6.45) is 1.40. The lowest BCUT2D eigenvalue weighted by Gasteiger charge is -2.33. The van der Waals surface area contributed by atoms with Crippen molar-refractivity contribution in [2.45, 2.75) is 46.7 Å². The molecular weight excluding hydrogens is 502 g/mol. The average molecular weight is 538 g/mol. The van der Waals surface area contributed by atoms with Crippen LogP contribution in [0.1, 0.15) is 38.3 Å². The molecule has 0 aliphatic heterocycles. The Labute approximate surface area is 219 Å². The highest BCUT2D eigenvalue weighted by Crippen LogP contribution is 2.28. The molecule has 10 heteroatoms. The fourth-order valence-electron chi connectivity index (χ4n) is 3.73. The molecule has 0 radical (unpaired) electrons. The maximum atomic E-state index is 13.7. The number of carbonyl (C=O) groups excluding carboxylic acids is 2. The quantitative estimate of drug-likeness (QED) is 0.441. The average Bonchev–Trinajstić information content (AvgIpc) is 2.82. The van der Waals surface area contributed by atoms with Crippen LogP contribution >= 0.6 is 11.6 Å². The number of halogens is 1. The van der Waals surface area contributed by atoms with Gasteiger partial charge in [0.2, 0.25) is 21.8 Å². The van der Waals surface area contributed by atoms with E-state index in [0.717, 1.165) is 16.1 Å². The van der Waals surface area contributed by atoms with Gasteiger partial charge in [0.1, 0.15) is 18.3 Å². The molecule has 0 saturated carbocycles. The number of hydrogen-bond acceptors (Lipinski definition) is 5. The minimum Gasteiger partial charge on any atom is -0.497 e. The summed E-state index contributed by atoms with van der Waals surface area (Å²) < 4.78 is 31.8. The van der Waals surface area contributed by atoms with Crippen molar-refractivity contribution in [3.05, 3.63) is 58.6 Å². The van der Waals surface area contributed by atoms with Gasteiger partial charge in [-0.2, -0.15) is 0 Å². The van der Waals surface area contributed by atoms with E-state index < -0.39 is 28.5 Å². The lowest BCUT2D eigenvalue weighted by atomic mass is 10.1. The summed E-state index contributed by atoms with van der Waals surface area (Å²) in [4.78, 5) is 28.3. The third kappa shape index (κ3) is 7.86. The lowest BCUT2D eigenvalue weighted by Crippen LogP contribution is -2.52. The zero-order chi connectivity index (χ0) is 27.0. The van der Waals surface area contributed by atoms with Crippen LogP contribution in [0.25, 0.3) is 0 Å². The summed E-state index contributed by atoms with van der Waals surface area (Å²) in [7, 11) is -2.27. The first-order valence-electron chi connectivity index (χ1n) is 11.8.